The van der Waals surface area contributed by atoms with E-state index in [-0.39, 0.29) is 24.1 Å². The Hall–Kier alpha value is -1.01. The topological polar surface area (TPSA) is 70.6 Å². The maximum absolute atomic E-state index is 11.9. The molecule has 2 rings (SSSR count). The third kappa shape index (κ3) is 4.26. The molecule has 0 spiro atoms. The van der Waals surface area contributed by atoms with Gasteiger partial charge < -0.3 is 20.5 Å². The van der Waals surface area contributed by atoms with Gasteiger partial charge in [0, 0.05) is 22.6 Å². The maximum atomic E-state index is 11.9. The Morgan fingerprint density at radius 1 is 1.41 bits per heavy atom. The molecule has 0 aliphatic carbocycles. The van der Waals surface area contributed by atoms with Crippen LogP contribution in [0.25, 0.3) is 0 Å². The van der Waals surface area contributed by atoms with E-state index < -0.39 is 0 Å². The van der Waals surface area contributed by atoms with Crippen LogP contribution in [-0.2, 0) is 11.2 Å². The monoisotopic (exact) mass is 346 g/mol. The predicted molar refractivity (Wildman–Crippen MR) is 86.5 cm³/mol. The summed E-state index contributed by atoms with van der Waals surface area (Å²) in [6, 6.07) is 4.93. The first-order valence-corrected chi connectivity index (χ1v) is 7.87. The van der Waals surface area contributed by atoms with Crippen molar-refractivity contribution in [3.05, 3.63) is 33.8 Å². The molecule has 1 aliphatic rings. The van der Waals surface area contributed by atoms with Crippen LogP contribution in [0.2, 0.25) is 10.0 Å². The van der Waals surface area contributed by atoms with Gasteiger partial charge in [0.15, 0.2) is 0 Å². The second-order valence-electron chi connectivity index (χ2n) is 5.78. The van der Waals surface area contributed by atoms with Gasteiger partial charge in [0.25, 0.3) is 0 Å². The summed E-state index contributed by atoms with van der Waals surface area (Å²) in [5.41, 5.74) is 0.477. The molecule has 22 heavy (non-hydrogen) atoms. The quantitative estimate of drug-likeness (QED) is 0.739. The summed E-state index contributed by atoms with van der Waals surface area (Å²) in [5.74, 6) is 0. The van der Waals surface area contributed by atoms with Crippen molar-refractivity contribution in [1.82, 2.24) is 10.6 Å². The number of urea groups is 1. The Labute approximate surface area is 139 Å². The maximum Gasteiger partial charge on any atom is 0.315 e. The minimum Gasteiger partial charge on any atom is -0.396 e. The summed E-state index contributed by atoms with van der Waals surface area (Å²) < 4.78 is 5.09. The number of benzene rings is 1. The van der Waals surface area contributed by atoms with Crippen molar-refractivity contribution in [2.45, 2.75) is 19.4 Å². The molecule has 1 atom stereocenters. The molecule has 1 aliphatic heterocycles. The summed E-state index contributed by atoms with van der Waals surface area (Å²) in [5, 5.41) is 16.1. The normalized spacial score (nSPS) is 17.5. The van der Waals surface area contributed by atoms with E-state index in [0.717, 1.165) is 5.56 Å². The molecule has 5 nitrogen and oxygen atoms in total. The highest BCUT2D eigenvalue weighted by Gasteiger charge is 2.38. The Morgan fingerprint density at radius 3 is 2.55 bits per heavy atom. The van der Waals surface area contributed by atoms with Crippen LogP contribution in [0.3, 0.4) is 0 Å². The lowest BCUT2D eigenvalue weighted by atomic mass is 9.87. The number of carbonyl (C=O) groups excluding carboxylic acids is 1. The number of carbonyl (C=O) groups is 1. The number of ether oxygens (including phenoxy) is 1. The second-order valence-corrected chi connectivity index (χ2v) is 6.60. The molecule has 1 heterocycles. The Bertz CT molecular complexity index is 510. The highest BCUT2D eigenvalue weighted by Crippen LogP contribution is 2.26. The molecule has 2 amide bonds. The van der Waals surface area contributed by atoms with Crippen LogP contribution in [0.1, 0.15) is 12.5 Å². The van der Waals surface area contributed by atoms with Gasteiger partial charge in [0.1, 0.15) is 0 Å². The number of nitrogens with one attached hydrogen (secondary N) is 2. The summed E-state index contributed by atoms with van der Waals surface area (Å²) >= 11 is 12.2. The molecule has 1 aromatic carbocycles. The summed E-state index contributed by atoms with van der Waals surface area (Å²) in [6.07, 6.45) is 0.542. The zero-order valence-electron chi connectivity index (χ0n) is 12.4. The third-order valence-electron chi connectivity index (χ3n) is 3.73. The van der Waals surface area contributed by atoms with E-state index in [1.165, 1.54) is 0 Å². The van der Waals surface area contributed by atoms with E-state index in [1.54, 1.807) is 18.2 Å². The highest BCUT2D eigenvalue weighted by atomic mass is 35.5. The molecule has 0 bridgehead atoms. The smallest absolute Gasteiger partial charge is 0.315 e. The minimum absolute atomic E-state index is 0.00192. The number of hydrogen-bond donors (Lipinski definition) is 3. The van der Waals surface area contributed by atoms with Crippen LogP contribution in [-0.4, -0.2) is 43.5 Å². The molecule has 0 saturated carbocycles. The number of rotatable bonds is 6. The molecular formula is C15H20Cl2N2O3. The van der Waals surface area contributed by atoms with E-state index in [9.17, 15) is 9.90 Å². The molecule has 1 aromatic rings. The number of aliphatic hydroxyl groups excluding tert-OH is 1. The van der Waals surface area contributed by atoms with Crippen LogP contribution in [0.4, 0.5) is 4.79 Å². The molecule has 1 fully saturated rings. The van der Waals surface area contributed by atoms with Gasteiger partial charge in [-0.1, -0.05) is 29.3 Å². The SMILES string of the molecule is CC(Cc1c(Cl)cccc1Cl)NC(=O)NCC1(CO)COC1. The molecule has 1 saturated heterocycles. The Morgan fingerprint density at radius 2 is 2.05 bits per heavy atom. The molecule has 0 radical (unpaired) electrons. The third-order valence-corrected chi connectivity index (χ3v) is 4.43. The number of amides is 2. The van der Waals surface area contributed by atoms with Crippen molar-refractivity contribution in [2.75, 3.05) is 26.4 Å². The first-order chi connectivity index (χ1) is 10.5. The van der Waals surface area contributed by atoms with Gasteiger partial charge in [0.05, 0.1) is 25.2 Å². The zero-order valence-corrected chi connectivity index (χ0v) is 13.9. The van der Waals surface area contributed by atoms with Crippen LogP contribution < -0.4 is 10.6 Å². The first kappa shape index (κ1) is 17.3. The lowest BCUT2D eigenvalue weighted by molar-refractivity contribution is -0.132. The Kier molecular flexibility index (Phi) is 5.92. The highest BCUT2D eigenvalue weighted by molar-refractivity contribution is 6.36. The van der Waals surface area contributed by atoms with Gasteiger partial charge in [-0.25, -0.2) is 4.79 Å². The van der Waals surface area contributed by atoms with E-state index in [4.69, 9.17) is 27.9 Å². The predicted octanol–water partition coefficient (Wildman–Crippen LogP) is 2.23. The summed E-state index contributed by atoms with van der Waals surface area (Å²) in [4.78, 5) is 11.9. The minimum atomic E-state index is -0.341. The molecular weight excluding hydrogens is 327 g/mol. The first-order valence-electron chi connectivity index (χ1n) is 7.12. The van der Waals surface area contributed by atoms with E-state index in [1.807, 2.05) is 6.92 Å². The molecule has 122 valence electrons. The summed E-state index contributed by atoms with van der Waals surface area (Å²) in [7, 11) is 0. The zero-order chi connectivity index (χ0) is 16.2. The second kappa shape index (κ2) is 7.51. The van der Waals surface area contributed by atoms with Gasteiger partial charge in [-0.2, -0.15) is 0 Å². The largest absolute Gasteiger partial charge is 0.396 e. The van der Waals surface area contributed by atoms with E-state index in [2.05, 4.69) is 10.6 Å². The van der Waals surface area contributed by atoms with Crippen LogP contribution in [0.15, 0.2) is 18.2 Å². The molecule has 0 aromatic heterocycles. The van der Waals surface area contributed by atoms with Gasteiger partial charge in [-0.3, -0.25) is 0 Å². The van der Waals surface area contributed by atoms with Crippen molar-refractivity contribution in [3.8, 4) is 0 Å². The fourth-order valence-electron chi connectivity index (χ4n) is 2.27. The van der Waals surface area contributed by atoms with Crippen LogP contribution in [0, 0.1) is 5.41 Å². The fourth-order valence-corrected chi connectivity index (χ4v) is 2.82. The lowest BCUT2D eigenvalue weighted by Gasteiger charge is -2.39. The van der Waals surface area contributed by atoms with Crippen molar-refractivity contribution >= 4 is 29.2 Å². The van der Waals surface area contributed by atoms with Gasteiger partial charge in [-0.15, -0.1) is 0 Å². The van der Waals surface area contributed by atoms with E-state index in [0.29, 0.717) is 36.2 Å². The average Bonchev–Trinajstić information content (AvgIpc) is 2.42. The Balaban J connectivity index is 1.81. The molecule has 1 unspecified atom stereocenters. The van der Waals surface area contributed by atoms with Crippen LogP contribution >= 0.6 is 23.2 Å². The van der Waals surface area contributed by atoms with Crippen molar-refractivity contribution in [2.24, 2.45) is 5.41 Å². The van der Waals surface area contributed by atoms with Gasteiger partial charge in [0.2, 0.25) is 0 Å². The van der Waals surface area contributed by atoms with Crippen LogP contribution in [0.5, 0.6) is 0 Å². The molecule has 3 N–H and O–H groups in total. The summed E-state index contributed by atoms with van der Waals surface area (Å²) in [6.45, 7) is 3.20. The van der Waals surface area contributed by atoms with Crippen molar-refractivity contribution in [3.63, 3.8) is 0 Å². The fraction of sp³-hybridized carbons (Fsp3) is 0.533. The molecule has 7 heteroatoms. The lowest BCUT2D eigenvalue weighted by Crippen LogP contribution is -2.55. The van der Waals surface area contributed by atoms with Gasteiger partial charge in [-0.05, 0) is 31.0 Å². The number of hydrogen-bond acceptors (Lipinski definition) is 3. The van der Waals surface area contributed by atoms with E-state index >= 15 is 0 Å². The standard InChI is InChI=1S/C15H20Cl2N2O3/c1-10(5-11-12(16)3-2-4-13(11)17)19-14(21)18-6-15(7-20)8-22-9-15/h2-4,10,20H,5-9H2,1H3,(H2,18,19,21). The number of halogens is 2. The average molecular weight is 347 g/mol. The van der Waals surface area contributed by atoms with Crippen molar-refractivity contribution < 1.29 is 14.6 Å². The number of aliphatic hydroxyl groups is 1. The van der Waals surface area contributed by atoms with Crippen molar-refractivity contribution in [1.29, 1.82) is 0 Å². The van der Waals surface area contributed by atoms with Gasteiger partial charge >= 0.3 is 6.03 Å².